The van der Waals surface area contributed by atoms with Crippen LogP contribution in [0.5, 0.6) is 5.75 Å². The minimum absolute atomic E-state index is 0.0206. The maximum absolute atomic E-state index is 12.3. The van der Waals surface area contributed by atoms with Gasteiger partial charge in [0.2, 0.25) is 5.91 Å². The van der Waals surface area contributed by atoms with Gasteiger partial charge in [-0.3, -0.25) is 19.3 Å². The number of nitrogens with one attached hydrogen (secondary N) is 1. The monoisotopic (exact) mass is 402 g/mol. The Morgan fingerprint density at radius 2 is 1.75 bits per heavy atom. The Hall–Kier alpha value is -3.39. The highest BCUT2D eigenvalue weighted by atomic mass is 35.5. The number of hydrogen-bond acceptors (Lipinski definition) is 5. The molecule has 0 radical (unpaired) electrons. The molecule has 0 fully saturated rings. The lowest BCUT2D eigenvalue weighted by Crippen LogP contribution is -2.32. The maximum atomic E-state index is 12.3. The molecule has 28 heavy (non-hydrogen) atoms. The summed E-state index contributed by atoms with van der Waals surface area (Å²) in [4.78, 5) is 49.0. The Bertz CT molecular complexity index is 969. The van der Waals surface area contributed by atoms with Crippen LogP contribution in [0.3, 0.4) is 0 Å². The topological polar surface area (TPSA) is 113 Å². The number of carbonyl (C=O) groups is 4. The van der Waals surface area contributed by atoms with E-state index >= 15 is 0 Å². The Balaban J connectivity index is 1.68. The van der Waals surface area contributed by atoms with Gasteiger partial charge in [0.1, 0.15) is 11.3 Å². The minimum Gasteiger partial charge on any atom is -0.496 e. The molecule has 8 nitrogen and oxygen atoms in total. The zero-order valence-electron chi connectivity index (χ0n) is 14.7. The number of anilines is 1. The van der Waals surface area contributed by atoms with E-state index in [9.17, 15) is 19.2 Å². The summed E-state index contributed by atoms with van der Waals surface area (Å²) in [7, 11) is 1.30. The minimum atomic E-state index is -1.22. The van der Waals surface area contributed by atoms with Crippen LogP contribution < -0.4 is 10.1 Å². The Morgan fingerprint density at radius 1 is 1.14 bits per heavy atom. The lowest BCUT2D eigenvalue weighted by Gasteiger charge is -2.15. The van der Waals surface area contributed by atoms with E-state index in [0.29, 0.717) is 11.1 Å². The number of fused-ring (bicyclic) bond motifs is 1. The van der Waals surface area contributed by atoms with Crippen LogP contribution in [0.1, 0.15) is 37.5 Å². The third-order valence-corrected chi connectivity index (χ3v) is 4.55. The Kier molecular flexibility index (Phi) is 5.32. The fourth-order valence-corrected chi connectivity index (χ4v) is 3.06. The summed E-state index contributed by atoms with van der Waals surface area (Å²) in [6, 6.07) is 8.92. The number of carboxylic acid groups (broad SMARTS) is 1. The number of hydrogen-bond donors (Lipinski definition) is 2. The van der Waals surface area contributed by atoms with Gasteiger partial charge in [-0.1, -0.05) is 23.7 Å². The summed E-state index contributed by atoms with van der Waals surface area (Å²) in [5.74, 6) is -2.57. The van der Waals surface area contributed by atoms with Gasteiger partial charge in [-0.15, -0.1) is 0 Å². The molecule has 0 saturated heterocycles. The van der Waals surface area contributed by atoms with E-state index in [1.807, 2.05) is 0 Å². The van der Waals surface area contributed by atoms with Crippen molar-refractivity contribution in [2.24, 2.45) is 0 Å². The van der Waals surface area contributed by atoms with E-state index in [0.717, 1.165) is 4.90 Å². The van der Waals surface area contributed by atoms with Gasteiger partial charge in [-0.05, 0) is 18.2 Å². The van der Waals surface area contributed by atoms with Gasteiger partial charge in [0.15, 0.2) is 0 Å². The highest BCUT2D eigenvalue weighted by Gasteiger charge is 2.35. The van der Waals surface area contributed by atoms with Crippen LogP contribution in [0.25, 0.3) is 0 Å². The molecule has 0 bridgehead atoms. The average Bonchev–Trinajstić information content (AvgIpc) is 2.92. The standard InChI is InChI=1S/C19H15ClN2O6/c1-28-15-9-14(13(20)8-12(15)19(26)27)21-16(23)6-7-22-17(24)10-4-2-3-5-11(10)18(22)25/h2-5,8-9H,6-7H2,1H3,(H,21,23)(H,26,27). The molecular formula is C19H15ClN2O6. The molecule has 9 heteroatoms. The summed E-state index contributed by atoms with van der Waals surface area (Å²) >= 11 is 6.03. The van der Waals surface area contributed by atoms with Crippen LogP contribution >= 0.6 is 11.6 Å². The van der Waals surface area contributed by atoms with Crippen LogP contribution in [0.4, 0.5) is 5.69 Å². The van der Waals surface area contributed by atoms with Gasteiger partial charge in [0.05, 0.1) is 28.9 Å². The largest absolute Gasteiger partial charge is 0.496 e. The van der Waals surface area contributed by atoms with Gasteiger partial charge >= 0.3 is 5.97 Å². The van der Waals surface area contributed by atoms with Crippen molar-refractivity contribution in [1.29, 1.82) is 0 Å². The van der Waals surface area contributed by atoms with Gasteiger partial charge in [0, 0.05) is 19.0 Å². The number of halogens is 1. The number of carboxylic acids is 1. The number of imide groups is 1. The van der Waals surface area contributed by atoms with Crippen LogP contribution in [0.15, 0.2) is 36.4 Å². The highest BCUT2D eigenvalue weighted by Crippen LogP contribution is 2.31. The number of ether oxygens (including phenoxy) is 1. The second-order valence-corrected chi connectivity index (χ2v) is 6.35. The van der Waals surface area contributed by atoms with Gasteiger partial charge in [-0.25, -0.2) is 4.79 Å². The van der Waals surface area contributed by atoms with Gasteiger partial charge in [0.25, 0.3) is 11.8 Å². The van der Waals surface area contributed by atoms with E-state index < -0.39 is 23.7 Å². The van der Waals surface area contributed by atoms with Crippen molar-refractivity contribution in [1.82, 2.24) is 4.90 Å². The van der Waals surface area contributed by atoms with Crippen molar-refractivity contribution in [2.75, 3.05) is 19.0 Å². The lowest BCUT2D eigenvalue weighted by molar-refractivity contribution is -0.116. The van der Waals surface area contributed by atoms with Gasteiger partial charge in [-0.2, -0.15) is 0 Å². The normalized spacial score (nSPS) is 12.7. The van der Waals surface area contributed by atoms with E-state index in [4.69, 9.17) is 21.4 Å². The molecule has 0 saturated carbocycles. The molecule has 0 spiro atoms. The number of rotatable bonds is 6. The number of methoxy groups -OCH3 is 1. The van der Waals surface area contributed by atoms with Crippen LogP contribution in [-0.4, -0.2) is 47.4 Å². The average molecular weight is 403 g/mol. The summed E-state index contributed by atoms with van der Waals surface area (Å²) in [6.07, 6.45) is -0.148. The van der Waals surface area contributed by atoms with Crippen molar-refractivity contribution < 1.29 is 29.0 Å². The van der Waals surface area contributed by atoms with Crippen LogP contribution in [0.2, 0.25) is 5.02 Å². The van der Waals surface area contributed by atoms with Crippen molar-refractivity contribution >= 4 is 41.0 Å². The molecule has 0 aliphatic carbocycles. The molecule has 0 unspecified atom stereocenters. The summed E-state index contributed by atoms with van der Waals surface area (Å²) in [5, 5.41) is 11.7. The number of nitrogens with zero attached hydrogens (tertiary/aromatic N) is 1. The predicted octanol–water partition coefficient (Wildman–Crippen LogP) is 2.67. The lowest BCUT2D eigenvalue weighted by atomic mass is 10.1. The second-order valence-electron chi connectivity index (χ2n) is 5.94. The molecule has 1 aliphatic heterocycles. The van der Waals surface area contributed by atoms with Crippen LogP contribution in [0, 0.1) is 0 Å². The van der Waals surface area contributed by atoms with E-state index in [-0.39, 0.29) is 35.0 Å². The molecule has 3 amide bonds. The predicted molar refractivity (Wildman–Crippen MR) is 100 cm³/mol. The molecule has 2 aromatic rings. The number of carbonyl (C=O) groups excluding carboxylic acids is 3. The third kappa shape index (κ3) is 3.54. The summed E-state index contributed by atoms with van der Waals surface area (Å²) in [5.41, 5.74) is 0.641. The number of aromatic carboxylic acids is 1. The fraction of sp³-hybridized carbons (Fsp3) is 0.158. The smallest absolute Gasteiger partial charge is 0.339 e. The van der Waals surface area contributed by atoms with Crippen molar-refractivity contribution in [3.63, 3.8) is 0 Å². The Morgan fingerprint density at radius 3 is 2.29 bits per heavy atom. The first kappa shape index (κ1) is 19.4. The number of benzene rings is 2. The molecule has 1 heterocycles. The van der Waals surface area contributed by atoms with Crippen molar-refractivity contribution in [3.8, 4) is 5.75 Å². The first-order valence-corrected chi connectivity index (χ1v) is 8.57. The molecule has 1 aliphatic rings. The zero-order valence-corrected chi connectivity index (χ0v) is 15.4. The van der Waals surface area contributed by atoms with Gasteiger partial charge < -0.3 is 15.2 Å². The van der Waals surface area contributed by atoms with E-state index in [1.165, 1.54) is 19.2 Å². The first-order valence-electron chi connectivity index (χ1n) is 8.19. The first-order chi connectivity index (χ1) is 13.3. The quantitative estimate of drug-likeness (QED) is 0.718. The fourth-order valence-electron chi connectivity index (χ4n) is 2.85. The maximum Gasteiger partial charge on any atom is 0.339 e. The molecule has 0 aromatic heterocycles. The summed E-state index contributed by atoms with van der Waals surface area (Å²) < 4.78 is 5.00. The Labute approximate surface area is 164 Å². The van der Waals surface area contributed by atoms with Crippen molar-refractivity contribution in [3.05, 3.63) is 58.1 Å². The summed E-state index contributed by atoms with van der Waals surface area (Å²) in [6.45, 7) is -0.0971. The van der Waals surface area contributed by atoms with E-state index in [1.54, 1.807) is 24.3 Å². The third-order valence-electron chi connectivity index (χ3n) is 4.23. The molecule has 144 valence electrons. The van der Waals surface area contributed by atoms with Crippen LogP contribution in [-0.2, 0) is 4.79 Å². The molecule has 2 aromatic carbocycles. The van der Waals surface area contributed by atoms with E-state index in [2.05, 4.69) is 5.32 Å². The molecule has 0 atom stereocenters. The SMILES string of the molecule is COc1cc(NC(=O)CCN2C(=O)c3ccccc3C2=O)c(Cl)cc1C(=O)O. The molecular weight excluding hydrogens is 388 g/mol. The molecule has 3 rings (SSSR count). The molecule has 2 N–H and O–H groups in total. The van der Waals surface area contributed by atoms with Crippen molar-refractivity contribution in [2.45, 2.75) is 6.42 Å². The highest BCUT2D eigenvalue weighted by molar-refractivity contribution is 6.34. The zero-order chi connectivity index (χ0) is 20.4. The second kappa shape index (κ2) is 7.69. The number of amides is 3.